The van der Waals surface area contributed by atoms with Gasteiger partial charge in [0.15, 0.2) is 0 Å². The summed E-state index contributed by atoms with van der Waals surface area (Å²) in [7, 11) is -0.563. The van der Waals surface area contributed by atoms with Crippen LogP contribution in [-0.2, 0) is 16.4 Å². The molecule has 1 aromatic carbocycles. The molecule has 0 spiro atoms. The highest BCUT2D eigenvalue weighted by atomic mass is 32.2. The Hall–Kier alpha value is -2.52. The van der Waals surface area contributed by atoms with Crippen molar-refractivity contribution in [1.29, 1.82) is 0 Å². The van der Waals surface area contributed by atoms with E-state index < -0.39 is 10.0 Å². The van der Waals surface area contributed by atoms with Crippen molar-refractivity contribution >= 4 is 21.8 Å². The van der Waals surface area contributed by atoms with Crippen LogP contribution in [-0.4, -0.2) is 60.0 Å². The van der Waals surface area contributed by atoms with Crippen LogP contribution in [0.4, 0.5) is 0 Å². The molecule has 1 aromatic heterocycles. The molecule has 0 saturated heterocycles. The Bertz CT molecular complexity index is 979. The van der Waals surface area contributed by atoms with Gasteiger partial charge in [-0.05, 0) is 31.4 Å². The van der Waals surface area contributed by atoms with E-state index in [4.69, 9.17) is 0 Å². The lowest BCUT2D eigenvalue weighted by atomic mass is 10.1. The molecule has 0 fully saturated rings. The van der Waals surface area contributed by atoms with E-state index in [-0.39, 0.29) is 17.0 Å². The molecule has 30 heavy (non-hydrogen) atoms. The van der Waals surface area contributed by atoms with Crippen molar-refractivity contribution in [3.8, 4) is 0 Å². The van der Waals surface area contributed by atoms with Crippen LogP contribution in [0.1, 0.15) is 64.9 Å². The molecule has 1 aliphatic heterocycles. The maximum absolute atomic E-state index is 12.3. The number of carbonyl (C=O) groups excluding carboxylic acids is 2. The second-order valence-electron chi connectivity index (χ2n) is 7.68. The van der Waals surface area contributed by atoms with Crippen LogP contribution in [0, 0.1) is 0 Å². The first-order valence-electron chi connectivity index (χ1n) is 10.2. The van der Waals surface area contributed by atoms with E-state index in [1.54, 1.807) is 30.5 Å². The zero-order valence-electron chi connectivity index (χ0n) is 17.4. The quantitative estimate of drug-likeness (QED) is 0.434. The second-order valence-corrected chi connectivity index (χ2v) is 9.75. The standard InChI is InChI=1S/C21H28N4O4S/c1-24(2)30(28,29)21-22-15-16(23-21)11-7-5-3-4-6-10-14-25-19(26)17-12-8-9-13-18(17)20(25)27/h8-9,12-13,15H,3-7,10-11,14H2,1-2H3,(H,22,23). The molecule has 0 aliphatic carbocycles. The summed E-state index contributed by atoms with van der Waals surface area (Å²) in [6, 6.07) is 6.96. The molecule has 2 amide bonds. The smallest absolute Gasteiger partial charge is 0.276 e. The van der Waals surface area contributed by atoms with Crippen LogP contribution >= 0.6 is 0 Å². The minimum atomic E-state index is -3.52. The molecule has 162 valence electrons. The van der Waals surface area contributed by atoms with Crippen LogP contribution in [0.15, 0.2) is 35.6 Å². The van der Waals surface area contributed by atoms with Gasteiger partial charge in [0.2, 0.25) is 5.16 Å². The highest BCUT2D eigenvalue weighted by Gasteiger charge is 2.34. The summed E-state index contributed by atoms with van der Waals surface area (Å²) < 4.78 is 25.2. The molecule has 0 atom stereocenters. The average molecular weight is 433 g/mol. The van der Waals surface area contributed by atoms with Crippen molar-refractivity contribution < 1.29 is 18.0 Å². The van der Waals surface area contributed by atoms with Gasteiger partial charge < -0.3 is 4.98 Å². The summed E-state index contributed by atoms with van der Waals surface area (Å²) in [4.78, 5) is 32.8. The van der Waals surface area contributed by atoms with Crippen molar-refractivity contribution in [3.63, 3.8) is 0 Å². The molecule has 0 unspecified atom stereocenters. The first kappa shape index (κ1) is 22.2. The number of imide groups is 1. The van der Waals surface area contributed by atoms with E-state index >= 15 is 0 Å². The second kappa shape index (κ2) is 9.53. The largest absolute Gasteiger partial charge is 0.332 e. The van der Waals surface area contributed by atoms with Gasteiger partial charge in [0.05, 0.1) is 11.1 Å². The number of nitrogens with zero attached hydrogens (tertiary/aromatic N) is 3. The summed E-state index contributed by atoms with van der Waals surface area (Å²) in [5.74, 6) is -0.378. The van der Waals surface area contributed by atoms with Crippen molar-refractivity contribution in [2.45, 2.75) is 50.1 Å². The topological polar surface area (TPSA) is 103 Å². The Morgan fingerprint density at radius 3 is 2.10 bits per heavy atom. The third-order valence-corrected chi connectivity index (χ3v) is 6.94. The summed E-state index contributed by atoms with van der Waals surface area (Å²) in [5, 5.41) is -0.0179. The van der Waals surface area contributed by atoms with Crippen LogP contribution in [0.3, 0.4) is 0 Å². The number of carbonyl (C=O) groups is 2. The highest BCUT2D eigenvalue weighted by molar-refractivity contribution is 7.88. The third kappa shape index (κ3) is 4.79. The van der Waals surface area contributed by atoms with E-state index in [1.165, 1.54) is 19.0 Å². The fourth-order valence-electron chi connectivity index (χ4n) is 3.50. The van der Waals surface area contributed by atoms with Crippen molar-refractivity contribution in [1.82, 2.24) is 19.2 Å². The first-order valence-corrected chi connectivity index (χ1v) is 11.7. The number of aryl methyl sites for hydroxylation is 1. The first-order chi connectivity index (χ1) is 14.3. The number of aromatic nitrogens is 2. The highest BCUT2D eigenvalue weighted by Crippen LogP contribution is 2.23. The van der Waals surface area contributed by atoms with Crippen LogP contribution in [0.25, 0.3) is 0 Å². The number of benzene rings is 1. The number of fused-ring (bicyclic) bond motifs is 1. The van der Waals surface area contributed by atoms with Crippen LogP contribution in [0.2, 0.25) is 0 Å². The van der Waals surface area contributed by atoms with Gasteiger partial charge >= 0.3 is 0 Å². The predicted octanol–water partition coefficient (Wildman–Crippen LogP) is 2.84. The summed E-state index contributed by atoms with van der Waals surface area (Å²) in [5.41, 5.74) is 1.83. The van der Waals surface area contributed by atoms with Gasteiger partial charge in [0.25, 0.3) is 21.8 Å². The molecule has 1 N–H and O–H groups in total. The lowest BCUT2D eigenvalue weighted by Crippen LogP contribution is -2.30. The van der Waals surface area contributed by atoms with Gasteiger partial charge in [-0.2, -0.15) is 0 Å². The molecule has 2 aromatic rings. The maximum Gasteiger partial charge on any atom is 0.276 e. The van der Waals surface area contributed by atoms with E-state index in [0.29, 0.717) is 17.7 Å². The Morgan fingerprint density at radius 1 is 0.933 bits per heavy atom. The van der Waals surface area contributed by atoms with Gasteiger partial charge in [-0.15, -0.1) is 0 Å². The zero-order chi connectivity index (χ0) is 21.7. The number of sulfonamides is 1. The van der Waals surface area contributed by atoms with Crippen molar-refractivity contribution in [2.75, 3.05) is 20.6 Å². The Morgan fingerprint density at radius 2 is 1.50 bits per heavy atom. The zero-order valence-corrected chi connectivity index (χ0v) is 18.2. The van der Waals surface area contributed by atoms with Gasteiger partial charge in [-0.25, -0.2) is 17.7 Å². The fourth-order valence-corrected chi connectivity index (χ4v) is 4.30. The summed E-state index contributed by atoms with van der Waals surface area (Å²) >= 11 is 0. The fraction of sp³-hybridized carbons (Fsp3) is 0.476. The van der Waals surface area contributed by atoms with Crippen LogP contribution < -0.4 is 0 Å². The Kier molecular flexibility index (Phi) is 7.04. The average Bonchev–Trinajstić information content (AvgIpc) is 3.29. The number of amides is 2. The number of rotatable bonds is 11. The molecule has 2 heterocycles. The molecule has 3 rings (SSSR count). The predicted molar refractivity (Wildman–Crippen MR) is 113 cm³/mol. The minimum Gasteiger partial charge on any atom is -0.332 e. The lowest BCUT2D eigenvalue weighted by Gasteiger charge is -2.13. The Labute approximate surface area is 177 Å². The molecular formula is C21H28N4O4S. The van der Waals surface area contributed by atoms with Crippen molar-refractivity contribution in [2.24, 2.45) is 0 Å². The lowest BCUT2D eigenvalue weighted by molar-refractivity contribution is 0.0651. The molecule has 0 radical (unpaired) electrons. The van der Waals surface area contributed by atoms with Gasteiger partial charge in [0.1, 0.15) is 0 Å². The summed E-state index contributed by atoms with van der Waals surface area (Å²) in [6.45, 7) is 0.462. The van der Waals surface area contributed by atoms with Gasteiger partial charge in [0, 0.05) is 32.5 Å². The SMILES string of the molecule is CN(C)S(=O)(=O)c1ncc(CCCCCCCCN2C(=O)c3ccccc3C2=O)[nH]1. The Balaban J connectivity index is 1.30. The number of nitrogens with one attached hydrogen (secondary N) is 1. The van der Waals surface area contributed by atoms with E-state index in [1.807, 2.05) is 0 Å². The minimum absolute atomic E-state index is 0.0179. The third-order valence-electron chi connectivity index (χ3n) is 5.29. The number of H-pyrrole nitrogens is 1. The number of unbranched alkanes of at least 4 members (excludes halogenated alkanes) is 5. The number of hydrogen-bond acceptors (Lipinski definition) is 5. The van der Waals surface area contributed by atoms with Gasteiger partial charge in [-0.3, -0.25) is 14.5 Å². The van der Waals surface area contributed by atoms with E-state index in [2.05, 4.69) is 9.97 Å². The molecule has 0 saturated carbocycles. The number of imidazole rings is 1. The molecule has 9 heteroatoms. The normalized spacial score (nSPS) is 14.0. The van der Waals surface area contributed by atoms with Crippen LogP contribution in [0.5, 0.6) is 0 Å². The maximum atomic E-state index is 12.3. The van der Waals surface area contributed by atoms with Gasteiger partial charge in [-0.1, -0.05) is 37.8 Å². The molecule has 1 aliphatic rings. The molecule has 8 nitrogen and oxygen atoms in total. The number of hydrogen-bond donors (Lipinski definition) is 1. The summed E-state index contributed by atoms with van der Waals surface area (Å²) in [6.07, 6.45) is 8.17. The van der Waals surface area contributed by atoms with E-state index in [0.717, 1.165) is 54.9 Å². The monoisotopic (exact) mass is 432 g/mol. The molecular weight excluding hydrogens is 404 g/mol. The number of aromatic amines is 1. The van der Waals surface area contributed by atoms with E-state index in [9.17, 15) is 18.0 Å². The van der Waals surface area contributed by atoms with Crippen molar-refractivity contribution in [3.05, 3.63) is 47.3 Å². The molecule has 0 bridgehead atoms.